The lowest BCUT2D eigenvalue weighted by atomic mass is 10.2. The third kappa shape index (κ3) is 3.99. The molecule has 6 nitrogen and oxygen atoms in total. The number of rotatable bonds is 5. The highest BCUT2D eigenvalue weighted by Crippen LogP contribution is 2.13. The van der Waals surface area contributed by atoms with Crippen molar-refractivity contribution in [1.82, 2.24) is 14.7 Å². The molecule has 2 N–H and O–H groups in total. The maximum atomic E-state index is 11.8. The van der Waals surface area contributed by atoms with Crippen molar-refractivity contribution < 1.29 is 8.42 Å². The highest BCUT2D eigenvalue weighted by Gasteiger charge is 2.11. The van der Waals surface area contributed by atoms with Gasteiger partial charge in [-0.15, -0.1) is 0 Å². The minimum Gasteiger partial charge on any atom is -0.366 e. The highest BCUT2D eigenvalue weighted by molar-refractivity contribution is 7.89. The van der Waals surface area contributed by atoms with Gasteiger partial charge in [-0.2, -0.15) is 0 Å². The summed E-state index contributed by atoms with van der Waals surface area (Å²) in [6.45, 7) is 4.22. The van der Waals surface area contributed by atoms with E-state index in [0.717, 1.165) is 17.1 Å². The van der Waals surface area contributed by atoms with E-state index in [9.17, 15) is 8.42 Å². The molecule has 112 valence electrons. The summed E-state index contributed by atoms with van der Waals surface area (Å²) in [7, 11) is -2.02. The van der Waals surface area contributed by atoms with Gasteiger partial charge in [0.25, 0.3) is 0 Å². The van der Waals surface area contributed by atoms with E-state index in [1.807, 2.05) is 26.0 Å². The zero-order valence-electron chi connectivity index (χ0n) is 12.2. The second-order valence-corrected chi connectivity index (χ2v) is 6.54. The molecule has 1 aromatic carbocycles. The van der Waals surface area contributed by atoms with Crippen LogP contribution in [0.5, 0.6) is 0 Å². The van der Waals surface area contributed by atoms with Gasteiger partial charge in [0.15, 0.2) is 0 Å². The number of nitrogens with one attached hydrogen (secondary N) is 2. The summed E-state index contributed by atoms with van der Waals surface area (Å²) in [6.07, 6.45) is 0. The van der Waals surface area contributed by atoms with E-state index in [-0.39, 0.29) is 4.90 Å². The molecule has 1 aromatic heterocycles. The van der Waals surface area contributed by atoms with Crippen LogP contribution in [-0.2, 0) is 16.6 Å². The number of aryl methyl sites for hydroxylation is 2. The first-order valence-corrected chi connectivity index (χ1v) is 7.97. The van der Waals surface area contributed by atoms with Gasteiger partial charge in [-0.05, 0) is 38.6 Å². The van der Waals surface area contributed by atoms with Crippen LogP contribution in [0.25, 0.3) is 0 Å². The SMILES string of the molecule is CNS(=O)(=O)c1cccc(CNc2cc(C)nc(C)n2)c1. The van der Waals surface area contributed by atoms with Crippen molar-refractivity contribution in [2.45, 2.75) is 25.3 Å². The van der Waals surface area contributed by atoms with Crippen LogP contribution in [0.4, 0.5) is 5.82 Å². The van der Waals surface area contributed by atoms with Crippen molar-refractivity contribution in [2.75, 3.05) is 12.4 Å². The number of hydrogen-bond acceptors (Lipinski definition) is 5. The van der Waals surface area contributed by atoms with Crippen molar-refractivity contribution in [2.24, 2.45) is 0 Å². The molecular formula is C14H18N4O2S. The predicted octanol–water partition coefficient (Wildman–Crippen LogP) is 1.61. The van der Waals surface area contributed by atoms with Gasteiger partial charge < -0.3 is 5.32 Å². The van der Waals surface area contributed by atoms with E-state index in [0.29, 0.717) is 12.4 Å². The maximum absolute atomic E-state index is 11.8. The first-order chi connectivity index (χ1) is 9.90. The van der Waals surface area contributed by atoms with Crippen LogP contribution in [0.3, 0.4) is 0 Å². The van der Waals surface area contributed by atoms with Crippen LogP contribution in [0.2, 0.25) is 0 Å². The Morgan fingerprint density at radius 2 is 1.90 bits per heavy atom. The van der Waals surface area contributed by atoms with Gasteiger partial charge in [0, 0.05) is 18.3 Å². The van der Waals surface area contributed by atoms with Gasteiger partial charge in [0.05, 0.1) is 4.90 Å². The molecule has 2 rings (SSSR count). The largest absolute Gasteiger partial charge is 0.366 e. The molecule has 21 heavy (non-hydrogen) atoms. The highest BCUT2D eigenvalue weighted by atomic mass is 32.2. The van der Waals surface area contributed by atoms with E-state index in [4.69, 9.17) is 0 Å². The summed E-state index contributed by atoms with van der Waals surface area (Å²) >= 11 is 0. The molecule has 0 bridgehead atoms. The predicted molar refractivity (Wildman–Crippen MR) is 81.5 cm³/mol. The fraction of sp³-hybridized carbons (Fsp3) is 0.286. The zero-order chi connectivity index (χ0) is 15.5. The Hall–Kier alpha value is -1.99. The minimum atomic E-state index is -3.42. The van der Waals surface area contributed by atoms with Crippen LogP contribution in [0.1, 0.15) is 17.1 Å². The molecule has 7 heteroatoms. The standard InChI is InChI=1S/C14H18N4O2S/c1-10-7-14(18-11(2)17-10)16-9-12-5-4-6-13(8-12)21(19,20)15-3/h4-8,15H,9H2,1-3H3,(H,16,17,18). The van der Waals surface area contributed by atoms with Gasteiger partial charge in [0.2, 0.25) is 10.0 Å². The smallest absolute Gasteiger partial charge is 0.240 e. The van der Waals surface area contributed by atoms with Crippen molar-refractivity contribution in [1.29, 1.82) is 0 Å². The topological polar surface area (TPSA) is 84.0 Å². The molecular weight excluding hydrogens is 288 g/mol. The second-order valence-electron chi connectivity index (χ2n) is 4.65. The summed E-state index contributed by atoms with van der Waals surface area (Å²) in [5.74, 6) is 1.42. The zero-order valence-corrected chi connectivity index (χ0v) is 13.0. The lowest BCUT2D eigenvalue weighted by molar-refractivity contribution is 0.588. The van der Waals surface area contributed by atoms with E-state index in [1.54, 1.807) is 18.2 Å². The minimum absolute atomic E-state index is 0.249. The van der Waals surface area contributed by atoms with E-state index in [1.165, 1.54) is 7.05 Å². The Labute approximate surface area is 124 Å². The molecule has 0 radical (unpaired) electrons. The van der Waals surface area contributed by atoms with Crippen LogP contribution in [0.15, 0.2) is 35.2 Å². The molecule has 0 fully saturated rings. The summed E-state index contributed by atoms with van der Waals surface area (Å²) in [6, 6.07) is 8.63. The van der Waals surface area contributed by atoms with Crippen LogP contribution in [0, 0.1) is 13.8 Å². The van der Waals surface area contributed by atoms with Crippen molar-refractivity contribution >= 4 is 15.8 Å². The Morgan fingerprint density at radius 3 is 2.57 bits per heavy atom. The Kier molecular flexibility index (Phi) is 4.54. The number of benzene rings is 1. The molecule has 0 aliphatic carbocycles. The molecule has 0 saturated carbocycles. The van der Waals surface area contributed by atoms with Crippen molar-refractivity contribution in [3.8, 4) is 0 Å². The molecule has 0 saturated heterocycles. The van der Waals surface area contributed by atoms with Crippen molar-refractivity contribution in [3.63, 3.8) is 0 Å². The van der Waals surface area contributed by atoms with Crippen LogP contribution in [-0.4, -0.2) is 25.4 Å². The van der Waals surface area contributed by atoms with Gasteiger partial charge in [-0.25, -0.2) is 23.1 Å². The summed E-state index contributed by atoms with van der Waals surface area (Å²) in [5, 5.41) is 3.17. The number of hydrogen-bond donors (Lipinski definition) is 2. The molecule has 1 heterocycles. The normalized spacial score (nSPS) is 11.4. The molecule has 0 aliphatic rings. The first-order valence-electron chi connectivity index (χ1n) is 6.49. The summed E-state index contributed by atoms with van der Waals surface area (Å²) < 4.78 is 25.8. The van der Waals surface area contributed by atoms with E-state index >= 15 is 0 Å². The molecule has 0 atom stereocenters. The molecule has 0 amide bonds. The summed E-state index contributed by atoms with van der Waals surface area (Å²) in [4.78, 5) is 8.74. The van der Waals surface area contributed by atoms with Gasteiger partial charge in [0.1, 0.15) is 11.6 Å². The third-order valence-corrected chi connectivity index (χ3v) is 4.33. The van der Waals surface area contributed by atoms with Gasteiger partial charge in [-0.1, -0.05) is 12.1 Å². The lowest BCUT2D eigenvalue weighted by Crippen LogP contribution is -2.18. The molecule has 0 aliphatic heterocycles. The molecule has 0 spiro atoms. The average Bonchev–Trinajstić information content (AvgIpc) is 2.44. The third-order valence-electron chi connectivity index (χ3n) is 2.92. The van der Waals surface area contributed by atoms with Crippen molar-refractivity contribution in [3.05, 3.63) is 47.4 Å². The molecule has 2 aromatic rings. The lowest BCUT2D eigenvalue weighted by Gasteiger charge is -2.09. The first kappa shape index (κ1) is 15.4. The fourth-order valence-corrected chi connectivity index (χ4v) is 2.74. The number of sulfonamides is 1. The van der Waals surface area contributed by atoms with E-state index < -0.39 is 10.0 Å². The Bertz CT molecular complexity index is 724. The van der Waals surface area contributed by atoms with Gasteiger partial charge in [-0.3, -0.25) is 0 Å². The number of nitrogens with zero attached hydrogens (tertiary/aromatic N) is 2. The van der Waals surface area contributed by atoms with Crippen LogP contribution >= 0.6 is 0 Å². The monoisotopic (exact) mass is 306 g/mol. The quantitative estimate of drug-likeness (QED) is 0.877. The summed E-state index contributed by atoms with van der Waals surface area (Å²) in [5.41, 5.74) is 1.75. The fourth-order valence-electron chi connectivity index (χ4n) is 1.94. The van der Waals surface area contributed by atoms with Gasteiger partial charge >= 0.3 is 0 Å². The maximum Gasteiger partial charge on any atom is 0.240 e. The Balaban J connectivity index is 2.15. The Morgan fingerprint density at radius 1 is 1.14 bits per heavy atom. The second kappa shape index (κ2) is 6.19. The van der Waals surface area contributed by atoms with E-state index in [2.05, 4.69) is 20.0 Å². The number of anilines is 1. The number of aromatic nitrogens is 2. The van der Waals surface area contributed by atoms with Crippen LogP contribution < -0.4 is 10.0 Å². The molecule has 0 unspecified atom stereocenters. The average molecular weight is 306 g/mol.